The fourth-order valence-corrected chi connectivity index (χ4v) is 3.04. The summed E-state index contributed by atoms with van der Waals surface area (Å²) in [5, 5.41) is 12.8. The van der Waals surface area contributed by atoms with Crippen LogP contribution in [0, 0.1) is 17.2 Å². The van der Waals surface area contributed by atoms with Gasteiger partial charge in [0.1, 0.15) is 5.54 Å². The van der Waals surface area contributed by atoms with Gasteiger partial charge in [-0.15, -0.1) is 0 Å². The Labute approximate surface area is 108 Å². The zero-order valence-corrected chi connectivity index (χ0v) is 10.8. The molecule has 1 aliphatic heterocycles. The van der Waals surface area contributed by atoms with Gasteiger partial charge in [0.2, 0.25) is 0 Å². The first-order valence-electron chi connectivity index (χ1n) is 6.72. The summed E-state index contributed by atoms with van der Waals surface area (Å²) in [6, 6.07) is 11.1. The molecule has 1 unspecified atom stereocenters. The van der Waals surface area contributed by atoms with Crippen LogP contribution in [0.15, 0.2) is 24.3 Å². The highest BCUT2D eigenvalue weighted by atomic mass is 15.2. The maximum absolute atomic E-state index is 9.56. The lowest BCUT2D eigenvalue weighted by atomic mass is 9.94. The van der Waals surface area contributed by atoms with Crippen molar-refractivity contribution in [3.8, 4) is 6.07 Å². The van der Waals surface area contributed by atoms with Crippen molar-refractivity contribution in [2.24, 2.45) is 5.92 Å². The second-order valence-corrected chi connectivity index (χ2v) is 5.41. The van der Waals surface area contributed by atoms with E-state index < -0.39 is 0 Å². The van der Waals surface area contributed by atoms with E-state index in [1.807, 2.05) is 7.05 Å². The predicted molar refractivity (Wildman–Crippen MR) is 72.5 cm³/mol. The first kappa shape index (κ1) is 11.6. The Balaban J connectivity index is 1.83. The molecule has 1 aliphatic carbocycles. The molecule has 1 aromatic rings. The first-order valence-corrected chi connectivity index (χ1v) is 6.72. The molecule has 1 saturated carbocycles. The molecule has 3 nitrogen and oxygen atoms in total. The molecule has 0 amide bonds. The normalized spacial score (nSPS) is 21.2. The van der Waals surface area contributed by atoms with Gasteiger partial charge in [0.25, 0.3) is 0 Å². The van der Waals surface area contributed by atoms with Gasteiger partial charge in [0.05, 0.1) is 6.07 Å². The van der Waals surface area contributed by atoms with E-state index in [0.717, 1.165) is 19.5 Å². The SMILES string of the molecule is CNC(C#N)(CN1CCc2ccccc21)C1CC1. The number of anilines is 1. The molecule has 3 heteroatoms. The smallest absolute Gasteiger partial charge is 0.126 e. The molecular weight excluding hydrogens is 222 g/mol. The maximum Gasteiger partial charge on any atom is 0.126 e. The number of nitriles is 1. The van der Waals surface area contributed by atoms with Gasteiger partial charge in [0, 0.05) is 18.8 Å². The Morgan fingerprint density at radius 1 is 1.44 bits per heavy atom. The lowest BCUT2D eigenvalue weighted by Crippen LogP contribution is -2.52. The molecule has 94 valence electrons. The minimum atomic E-state index is -0.364. The molecule has 1 fully saturated rings. The largest absolute Gasteiger partial charge is 0.368 e. The van der Waals surface area contributed by atoms with E-state index in [1.165, 1.54) is 24.1 Å². The number of nitrogens with zero attached hydrogens (tertiary/aromatic N) is 2. The van der Waals surface area contributed by atoms with Crippen molar-refractivity contribution in [2.45, 2.75) is 24.8 Å². The van der Waals surface area contributed by atoms with Crippen molar-refractivity contribution < 1.29 is 0 Å². The number of hydrogen-bond acceptors (Lipinski definition) is 3. The van der Waals surface area contributed by atoms with Gasteiger partial charge in [-0.3, -0.25) is 0 Å². The topological polar surface area (TPSA) is 39.1 Å². The van der Waals surface area contributed by atoms with Crippen molar-refractivity contribution in [1.82, 2.24) is 5.32 Å². The summed E-state index contributed by atoms with van der Waals surface area (Å²) in [6.45, 7) is 1.85. The summed E-state index contributed by atoms with van der Waals surface area (Å²) in [6.07, 6.45) is 3.47. The van der Waals surface area contributed by atoms with Crippen molar-refractivity contribution in [3.63, 3.8) is 0 Å². The number of hydrogen-bond donors (Lipinski definition) is 1. The van der Waals surface area contributed by atoms with Crippen LogP contribution in [0.4, 0.5) is 5.69 Å². The quantitative estimate of drug-likeness (QED) is 0.875. The monoisotopic (exact) mass is 241 g/mol. The fourth-order valence-electron chi connectivity index (χ4n) is 3.04. The van der Waals surface area contributed by atoms with Gasteiger partial charge in [-0.1, -0.05) is 18.2 Å². The second-order valence-electron chi connectivity index (χ2n) is 5.41. The number of fused-ring (bicyclic) bond motifs is 1. The Kier molecular flexibility index (Phi) is 2.76. The summed E-state index contributed by atoms with van der Waals surface area (Å²) in [5.74, 6) is 0.528. The zero-order chi connectivity index (χ0) is 12.6. The highest BCUT2D eigenvalue weighted by Gasteiger charge is 2.46. The third kappa shape index (κ3) is 1.77. The van der Waals surface area contributed by atoms with Crippen LogP contribution in [0.1, 0.15) is 18.4 Å². The molecule has 0 bridgehead atoms. The molecule has 1 heterocycles. The molecule has 0 saturated heterocycles. The standard InChI is InChI=1S/C15H19N3/c1-17-15(10-16,13-6-7-13)11-18-9-8-12-4-2-3-5-14(12)18/h2-5,13,17H,6-9,11H2,1H3. The number of rotatable bonds is 4. The van der Waals surface area contributed by atoms with E-state index in [1.54, 1.807) is 0 Å². The molecule has 18 heavy (non-hydrogen) atoms. The average Bonchev–Trinajstić information content (AvgIpc) is 3.20. The van der Waals surface area contributed by atoms with Crippen LogP contribution in [0.5, 0.6) is 0 Å². The van der Waals surface area contributed by atoms with E-state index in [9.17, 15) is 5.26 Å². The Bertz CT molecular complexity index is 487. The molecule has 1 N–H and O–H groups in total. The van der Waals surface area contributed by atoms with Crippen molar-refractivity contribution in [1.29, 1.82) is 5.26 Å². The van der Waals surface area contributed by atoms with Crippen molar-refractivity contribution in [3.05, 3.63) is 29.8 Å². The first-order chi connectivity index (χ1) is 8.79. The number of benzene rings is 1. The van der Waals surface area contributed by atoms with Crippen LogP contribution in [0.25, 0.3) is 0 Å². The van der Waals surface area contributed by atoms with Gasteiger partial charge < -0.3 is 10.2 Å². The van der Waals surface area contributed by atoms with E-state index in [0.29, 0.717) is 5.92 Å². The van der Waals surface area contributed by atoms with Crippen LogP contribution in [-0.2, 0) is 6.42 Å². The third-order valence-electron chi connectivity index (χ3n) is 4.34. The van der Waals surface area contributed by atoms with Crippen molar-refractivity contribution >= 4 is 5.69 Å². The van der Waals surface area contributed by atoms with Gasteiger partial charge in [0.15, 0.2) is 0 Å². The summed E-state index contributed by atoms with van der Waals surface area (Å²) in [5.41, 5.74) is 2.36. The van der Waals surface area contributed by atoms with Gasteiger partial charge >= 0.3 is 0 Å². The molecule has 0 aromatic heterocycles. The average molecular weight is 241 g/mol. The van der Waals surface area contributed by atoms with Crippen LogP contribution in [-0.4, -0.2) is 25.7 Å². The predicted octanol–water partition coefficient (Wildman–Crippen LogP) is 1.94. The molecule has 3 rings (SSSR count). The van der Waals surface area contributed by atoms with Crippen molar-refractivity contribution in [2.75, 3.05) is 25.0 Å². The summed E-state index contributed by atoms with van der Waals surface area (Å²) >= 11 is 0. The highest BCUT2D eigenvalue weighted by Crippen LogP contribution is 2.41. The van der Waals surface area contributed by atoms with E-state index in [-0.39, 0.29) is 5.54 Å². The van der Waals surface area contributed by atoms with Gasteiger partial charge in [-0.05, 0) is 43.9 Å². The number of nitrogens with one attached hydrogen (secondary N) is 1. The third-order valence-corrected chi connectivity index (χ3v) is 4.34. The fraction of sp³-hybridized carbons (Fsp3) is 0.533. The van der Waals surface area contributed by atoms with Crippen LogP contribution in [0.2, 0.25) is 0 Å². The molecular formula is C15H19N3. The van der Waals surface area contributed by atoms with Gasteiger partial charge in [-0.25, -0.2) is 0 Å². The van der Waals surface area contributed by atoms with E-state index in [4.69, 9.17) is 0 Å². The molecule has 0 spiro atoms. The summed E-state index contributed by atoms with van der Waals surface area (Å²) < 4.78 is 0. The van der Waals surface area contributed by atoms with Crippen LogP contribution < -0.4 is 10.2 Å². The van der Waals surface area contributed by atoms with Crippen LogP contribution in [0.3, 0.4) is 0 Å². The molecule has 1 aromatic carbocycles. The Morgan fingerprint density at radius 2 is 2.22 bits per heavy atom. The number of para-hydroxylation sites is 1. The zero-order valence-electron chi connectivity index (χ0n) is 10.8. The van der Waals surface area contributed by atoms with E-state index in [2.05, 4.69) is 40.6 Å². The summed E-state index contributed by atoms with van der Waals surface area (Å²) in [7, 11) is 1.92. The Hall–Kier alpha value is -1.53. The van der Waals surface area contributed by atoms with Crippen LogP contribution >= 0.6 is 0 Å². The minimum Gasteiger partial charge on any atom is -0.368 e. The van der Waals surface area contributed by atoms with Gasteiger partial charge in [-0.2, -0.15) is 5.26 Å². The number of likely N-dealkylation sites (N-methyl/N-ethyl adjacent to an activating group) is 1. The second kappa shape index (κ2) is 4.29. The summed E-state index contributed by atoms with van der Waals surface area (Å²) in [4.78, 5) is 2.37. The molecule has 2 aliphatic rings. The lowest BCUT2D eigenvalue weighted by Gasteiger charge is -2.32. The molecule has 0 radical (unpaired) electrons. The maximum atomic E-state index is 9.56. The Morgan fingerprint density at radius 3 is 2.89 bits per heavy atom. The molecule has 1 atom stereocenters. The minimum absolute atomic E-state index is 0.364. The van der Waals surface area contributed by atoms with E-state index >= 15 is 0 Å². The highest BCUT2D eigenvalue weighted by molar-refractivity contribution is 5.58. The lowest BCUT2D eigenvalue weighted by molar-refractivity contribution is 0.394.